The molecule has 0 spiro atoms. The van der Waals surface area contributed by atoms with E-state index in [4.69, 9.17) is 5.73 Å². The van der Waals surface area contributed by atoms with Crippen LogP contribution in [0.4, 0.5) is 5.69 Å². The third kappa shape index (κ3) is 2.37. The number of nitrogens with zero attached hydrogens (tertiary/aromatic N) is 2. The predicted octanol–water partition coefficient (Wildman–Crippen LogP) is 2.09. The van der Waals surface area contributed by atoms with E-state index in [1.807, 2.05) is 12.3 Å². The maximum Gasteiger partial charge on any atom is 0.252 e. The van der Waals surface area contributed by atoms with Crippen molar-refractivity contribution < 1.29 is 4.79 Å². The summed E-state index contributed by atoms with van der Waals surface area (Å²) in [5.41, 5.74) is 7.64. The van der Waals surface area contributed by atoms with E-state index in [0.717, 1.165) is 36.1 Å². The molecule has 2 aromatic rings. The number of hydrogen-bond donors (Lipinski definition) is 3. The van der Waals surface area contributed by atoms with Crippen LogP contribution in [0.2, 0.25) is 0 Å². The van der Waals surface area contributed by atoms with Gasteiger partial charge in [-0.1, -0.05) is 6.92 Å². The van der Waals surface area contributed by atoms with Crippen molar-refractivity contribution in [2.75, 3.05) is 11.9 Å². The SMILES string of the molecule is CCN1[C@H]2CC[C@H]1CC(Nc1c(C(N)=O)cnc3[nH]ccc13)C2. The number of hydrogen-bond acceptors (Lipinski definition) is 4. The number of nitrogens with two attached hydrogens (primary N) is 1. The molecule has 0 saturated carbocycles. The van der Waals surface area contributed by atoms with Gasteiger partial charge in [-0.3, -0.25) is 9.69 Å². The van der Waals surface area contributed by atoms with E-state index in [1.165, 1.54) is 12.8 Å². The number of rotatable bonds is 4. The molecule has 4 heterocycles. The normalized spacial score (nSPS) is 27.4. The lowest BCUT2D eigenvalue weighted by Gasteiger charge is -2.39. The van der Waals surface area contributed by atoms with E-state index in [0.29, 0.717) is 23.7 Å². The molecule has 4 N–H and O–H groups in total. The summed E-state index contributed by atoms with van der Waals surface area (Å²) in [6.45, 7) is 3.38. The molecule has 2 bridgehead atoms. The predicted molar refractivity (Wildman–Crippen MR) is 90.4 cm³/mol. The van der Waals surface area contributed by atoms with Crippen molar-refractivity contribution in [3.05, 3.63) is 24.0 Å². The van der Waals surface area contributed by atoms with E-state index >= 15 is 0 Å². The number of primary amides is 1. The van der Waals surface area contributed by atoms with E-state index in [1.54, 1.807) is 6.20 Å². The Hall–Kier alpha value is -2.08. The molecule has 0 aromatic carbocycles. The number of carbonyl (C=O) groups is 1. The van der Waals surface area contributed by atoms with Gasteiger partial charge in [0.2, 0.25) is 0 Å². The third-order valence-corrected chi connectivity index (χ3v) is 5.45. The van der Waals surface area contributed by atoms with Gasteiger partial charge in [-0.05, 0) is 38.3 Å². The summed E-state index contributed by atoms with van der Waals surface area (Å²) in [7, 11) is 0. The van der Waals surface area contributed by atoms with Crippen molar-refractivity contribution in [3.63, 3.8) is 0 Å². The van der Waals surface area contributed by atoms with Gasteiger partial charge in [0.25, 0.3) is 5.91 Å². The van der Waals surface area contributed by atoms with Crippen molar-refractivity contribution >= 4 is 22.6 Å². The fourth-order valence-electron chi connectivity index (χ4n) is 4.46. The zero-order chi connectivity index (χ0) is 16.0. The zero-order valence-corrected chi connectivity index (χ0v) is 13.4. The molecular formula is C17H23N5O. The maximum atomic E-state index is 11.8. The van der Waals surface area contributed by atoms with Gasteiger partial charge in [-0.2, -0.15) is 0 Å². The lowest BCUT2D eigenvalue weighted by Crippen LogP contribution is -2.46. The van der Waals surface area contributed by atoms with Gasteiger partial charge in [0, 0.05) is 35.9 Å². The number of pyridine rings is 1. The molecule has 2 aromatic heterocycles. The molecule has 4 rings (SSSR count). The number of aromatic amines is 1. The smallest absolute Gasteiger partial charge is 0.252 e. The van der Waals surface area contributed by atoms with Crippen molar-refractivity contribution in [1.29, 1.82) is 0 Å². The molecule has 2 saturated heterocycles. The van der Waals surface area contributed by atoms with Gasteiger partial charge in [-0.25, -0.2) is 4.98 Å². The van der Waals surface area contributed by atoms with Gasteiger partial charge in [-0.15, -0.1) is 0 Å². The highest BCUT2D eigenvalue weighted by molar-refractivity contribution is 6.05. The summed E-state index contributed by atoms with van der Waals surface area (Å²) < 4.78 is 0. The first-order valence-electron chi connectivity index (χ1n) is 8.45. The first-order chi connectivity index (χ1) is 11.2. The van der Waals surface area contributed by atoms with Crippen molar-refractivity contribution in [2.24, 2.45) is 5.73 Å². The van der Waals surface area contributed by atoms with Gasteiger partial charge >= 0.3 is 0 Å². The summed E-state index contributed by atoms with van der Waals surface area (Å²) >= 11 is 0. The number of anilines is 1. The van der Waals surface area contributed by atoms with Crippen molar-refractivity contribution in [2.45, 2.75) is 50.7 Å². The Morgan fingerprint density at radius 1 is 1.43 bits per heavy atom. The molecule has 6 nitrogen and oxygen atoms in total. The summed E-state index contributed by atoms with van der Waals surface area (Å²) in [5, 5.41) is 4.55. The highest BCUT2D eigenvalue weighted by Gasteiger charge is 2.39. The van der Waals surface area contributed by atoms with Crippen LogP contribution < -0.4 is 11.1 Å². The number of fused-ring (bicyclic) bond motifs is 3. The minimum absolute atomic E-state index is 0.383. The molecule has 2 atom stereocenters. The minimum atomic E-state index is -0.433. The van der Waals surface area contributed by atoms with Crippen LogP contribution in [-0.2, 0) is 0 Å². The number of amides is 1. The topological polar surface area (TPSA) is 87.0 Å². The monoisotopic (exact) mass is 313 g/mol. The Kier molecular flexibility index (Phi) is 3.49. The Labute approximate surface area is 135 Å². The zero-order valence-electron chi connectivity index (χ0n) is 13.4. The number of piperidine rings is 1. The Balaban J connectivity index is 1.64. The Morgan fingerprint density at radius 3 is 2.83 bits per heavy atom. The average Bonchev–Trinajstić information content (AvgIpc) is 3.10. The second-order valence-electron chi connectivity index (χ2n) is 6.68. The van der Waals surface area contributed by atoms with E-state index in [2.05, 4.69) is 27.1 Å². The molecule has 2 aliphatic rings. The number of carbonyl (C=O) groups excluding carboxylic acids is 1. The number of nitrogens with one attached hydrogen (secondary N) is 2. The maximum absolute atomic E-state index is 11.8. The Bertz CT molecular complexity index is 726. The second-order valence-corrected chi connectivity index (χ2v) is 6.68. The largest absolute Gasteiger partial charge is 0.381 e. The van der Waals surface area contributed by atoms with Crippen LogP contribution in [0.5, 0.6) is 0 Å². The van der Waals surface area contributed by atoms with Crippen molar-refractivity contribution in [1.82, 2.24) is 14.9 Å². The molecule has 122 valence electrons. The molecule has 0 aliphatic carbocycles. The van der Waals surface area contributed by atoms with Crippen LogP contribution in [0.3, 0.4) is 0 Å². The molecule has 0 unspecified atom stereocenters. The van der Waals surface area contributed by atoms with Gasteiger partial charge in [0.05, 0.1) is 11.3 Å². The average molecular weight is 313 g/mol. The third-order valence-electron chi connectivity index (χ3n) is 5.45. The van der Waals surface area contributed by atoms with Gasteiger partial charge in [0.1, 0.15) is 5.65 Å². The van der Waals surface area contributed by atoms with Gasteiger partial charge in [0.15, 0.2) is 0 Å². The molecule has 23 heavy (non-hydrogen) atoms. The van der Waals surface area contributed by atoms with Crippen LogP contribution in [0.15, 0.2) is 18.5 Å². The quantitative estimate of drug-likeness (QED) is 0.806. The number of aromatic nitrogens is 2. The lowest BCUT2D eigenvalue weighted by molar-refractivity contribution is 0.100. The molecule has 6 heteroatoms. The summed E-state index contributed by atoms with van der Waals surface area (Å²) in [6, 6.07) is 3.66. The molecule has 2 aliphatic heterocycles. The summed E-state index contributed by atoms with van der Waals surface area (Å²) in [6.07, 6.45) is 8.23. The summed E-state index contributed by atoms with van der Waals surface area (Å²) in [5.74, 6) is -0.433. The van der Waals surface area contributed by atoms with Crippen LogP contribution in [0.1, 0.15) is 43.0 Å². The van der Waals surface area contributed by atoms with E-state index in [9.17, 15) is 4.79 Å². The van der Waals surface area contributed by atoms with Crippen molar-refractivity contribution in [3.8, 4) is 0 Å². The molecule has 2 fully saturated rings. The van der Waals surface area contributed by atoms with Crippen LogP contribution in [0.25, 0.3) is 11.0 Å². The standard InChI is InChI=1S/C17H23N5O/c1-2-22-11-3-4-12(22)8-10(7-11)21-15-13-5-6-19-17(13)20-9-14(15)16(18)23/h5-6,9-12H,2-4,7-8H2,1H3,(H2,18,23)(H2,19,20,21)/t11-,12-/m0/s1. The highest BCUT2D eigenvalue weighted by Crippen LogP contribution is 2.37. The summed E-state index contributed by atoms with van der Waals surface area (Å²) in [4.78, 5) is 21.8. The first-order valence-corrected chi connectivity index (χ1v) is 8.45. The second kappa shape index (κ2) is 5.53. The first kappa shape index (κ1) is 14.5. The minimum Gasteiger partial charge on any atom is -0.381 e. The van der Waals surface area contributed by atoms with E-state index in [-0.39, 0.29) is 0 Å². The lowest BCUT2D eigenvalue weighted by atomic mass is 9.96. The Morgan fingerprint density at radius 2 is 2.17 bits per heavy atom. The fourth-order valence-corrected chi connectivity index (χ4v) is 4.46. The van der Waals surface area contributed by atoms with Crippen LogP contribution in [-0.4, -0.2) is 45.4 Å². The molecule has 0 radical (unpaired) electrons. The molecular weight excluding hydrogens is 290 g/mol. The molecule has 1 amide bonds. The van der Waals surface area contributed by atoms with Crippen LogP contribution >= 0.6 is 0 Å². The van der Waals surface area contributed by atoms with Gasteiger partial charge < -0.3 is 16.0 Å². The fraction of sp³-hybridized carbons (Fsp3) is 0.529. The highest BCUT2D eigenvalue weighted by atomic mass is 16.1. The number of H-pyrrole nitrogens is 1. The van der Waals surface area contributed by atoms with E-state index < -0.39 is 5.91 Å². The van der Waals surface area contributed by atoms with Crippen LogP contribution in [0, 0.1) is 0 Å².